The van der Waals surface area contributed by atoms with E-state index in [4.69, 9.17) is 9.05 Å². The van der Waals surface area contributed by atoms with Crippen LogP contribution in [0, 0.1) is 0 Å². The van der Waals surface area contributed by atoms with Gasteiger partial charge in [0.05, 0.1) is 31.2 Å². The third-order valence-electron chi connectivity index (χ3n) is 4.91. The average molecular weight is 572 g/mol. The Labute approximate surface area is 212 Å². The smallest absolute Gasteiger partial charge is 0.302 e. The monoisotopic (exact) mass is 572 g/mol. The zero-order chi connectivity index (χ0) is 27.1. The maximum Gasteiger partial charge on any atom is 0.472 e. The van der Waals surface area contributed by atoms with Crippen LogP contribution in [-0.4, -0.2) is 92.7 Å². The topological polar surface area (TPSA) is 186 Å². The SMILES string of the molecule is CCOP(=O)(O)OCCOP(=O)(O)OC(C)CC(C)SC1CC(=O)N(CCN2C(=O)C=CC2=O)C1=O. The van der Waals surface area contributed by atoms with Crippen LogP contribution in [0.4, 0.5) is 0 Å². The third kappa shape index (κ3) is 9.47. The lowest BCUT2D eigenvalue weighted by molar-refractivity contribution is -0.142. The molecule has 0 saturated carbocycles. The number of carbonyl (C=O) groups excluding carboxylic acids is 4. The molecule has 2 aliphatic heterocycles. The number of hydrogen-bond acceptors (Lipinski definition) is 11. The van der Waals surface area contributed by atoms with Crippen molar-refractivity contribution >= 4 is 51.0 Å². The maximum atomic E-state index is 12.7. The van der Waals surface area contributed by atoms with Crippen LogP contribution in [0.3, 0.4) is 0 Å². The lowest BCUT2D eigenvalue weighted by Crippen LogP contribution is -2.41. The molecule has 2 heterocycles. The van der Waals surface area contributed by atoms with Crippen LogP contribution in [-0.2, 0) is 46.4 Å². The predicted molar refractivity (Wildman–Crippen MR) is 126 cm³/mol. The predicted octanol–water partition coefficient (Wildman–Crippen LogP) is 1.23. The third-order valence-corrected chi connectivity index (χ3v) is 8.49. The number of rotatable bonds is 16. The fourth-order valence-corrected chi connectivity index (χ4v) is 6.49. The van der Waals surface area contributed by atoms with Gasteiger partial charge in [-0.05, 0) is 20.3 Å². The van der Waals surface area contributed by atoms with Gasteiger partial charge in [-0.2, -0.15) is 0 Å². The van der Waals surface area contributed by atoms with Gasteiger partial charge in [0.15, 0.2) is 0 Å². The molecule has 204 valence electrons. The summed E-state index contributed by atoms with van der Waals surface area (Å²) in [6.07, 6.45) is 1.69. The first-order valence-electron chi connectivity index (χ1n) is 11.1. The Kier molecular flexibility index (Phi) is 11.5. The van der Waals surface area contributed by atoms with Crippen molar-refractivity contribution in [1.82, 2.24) is 9.80 Å². The Morgan fingerprint density at radius 1 is 0.972 bits per heavy atom. The number of phosphoric ester groups is 2. The number of phosphoric acid groups is 2. The van der Waals surface area contributed by atoms with E-state index in [9.17, 15) is 38.1 Å². The Morgan fingerprint density at radius 3 is 2.11 bits per heavy atom. The molecule has 36 heavy (non-hydrogen) atoms. The molecule has 4 amide bonds. The Morgan fingerprint density at radius 2 is 1.53 bits per heavy atom. The molecule has 2 rings (SSSR count). The Hall–Kier alpha value is -1.41. The minimum absolute atomic E-state index is 0.0404. The second kappa shape index (κ2) is 13.4. The standard InChI is InChI=1S/C19H30N2O12P2S/c1-4-30-34(26,27)31-9-10-32-35(28,29)33-13(2)11-14(3)36-15-12-18(24)21(19(15)25)8-7-20-16(22)5-6-17(20)23/h5-6,13-15H,4,7-12H2,1-3H3,(H,26,27)(H,28,29). The molecule has 0 aromatic rings. The van der Waals surface area contributed by atoms with E-state index in [1.165, 1.54) is 25.6 Å². The van der Waals surface area contributed by atoms with Crippen molar-refractivity contribution < 1.29 is 56.2 Å². The highest BCUT2D eigenvalue weighted by molar-refractivity contribution is 8.01. The summed E-state index contributed by atoms with van der Waals surface area (Å²) in [4.78, 5) is 69.3. The summed E-state index contributed by atoms with van der Waals surface area (Å²) in [5.41, 5.74) is 0. The fraction of sp³-hybridized carbons (Fsp3) is 0.684. The van der Waals surface area contributed by atoms with Gasteiger partial charge < -0.3 is 9.79 Å². The van der Waals surface area contributed by atoms with Crippen molar-refractivity contribution in [3.63, 3.8) is 0 Å². The number of hydrogen-bond donors (Lipinski definition) is 2. The number of nitrogens with zero attached hydrogens (tertiary/aromatic N) is 2. The molecule has 2 aliphatic rings. The van der Waals surface area contributed by atoms with Gasteiger partial charge in [0.25, 0.3) is 11.8 Å². The van der Waals surface area contributed by atoms with Crippen molar-refractivity contribution in [3.05, 3.63) is 12.2 Å². The van der Waals surface area contributed by atoms with Crippen LogP contribution in [0.25, 0.3) is 0 Å². The molecule has 0 bridgehead atoms. The molecule has 0 aromatic carbocycles. The van der Waals surface area contributed by atoms with E-state index in [1.54, 1.807) is 6.92 Å². The first-order chi connectivity index (χ1) is 16.7. The minimum Gasteiger partial charge on any atom is -0.302 e. The highest BCUT2D eigenvalue weighted by Crippen LogP contribution is 2.47. The van der Waals surface area contributed by atoms with E-state index >= 15 is 0 Å². The van der Waals surface area contributed by atoms with Gasteiger partial charge in [-0.15, -0.1) is 11.8 Å². The largest absolute Gasteiger partial charge is 0.472 e. The zero-order valence-corrected chi connectivity index (χ0v) is 22.6. The van der Waals surface area contributed by atoms with E-state index < -0.39 is 63.8 Å². The van der Waals surface area contributed by atoms with Crippen molar-refractivity contribution in [1.29, 1.82) is 0 Å². The number of amides is 4. The fourth-order valence-electron chi connectivity index (χ4n) is 3.46. The molecule has 0 radical (unpaired) electrons. The van der Waals surface area contributed by atoms with Gasteiger partial charge >= 0.3 is 15.6 Å². The summed E-state index contributed by atoms with van der Waals surface area (Å²) < 4.78 is 42.3. The highest BCUT2D eigenvalue weighted by Gasteiger charge is 2.40. The molecule has 14 nitrogen and oxygen atoms in total. The van der Waals surface area contributed by atoms with Crippen LogP contribution in [0.1, 0.15) is 33.6 Å². The lowest BCUT2D eigenvalue weighted by Gasteiger charge is -2.22. The van der Waals surface area contributed by atoms with Gasteiger partial charge in [-0.1, -0.05) is 6.92 Å². The van der Waals surface area contributed by atoms with E-state index in [-0.39, 0.29) is 37.8 Å². The molecular weight excluding hydrogens is 542 g/mol. The molecule has 0 aliphatic carbocycles. The Balaban J connectivity index is 1.74. The zero-order valence-electron chi connectivity index (χ0n) is 20.0. The first kappa shape index (κ1) is 30.8. The maximum absolute atomic E-state index is 12.7. The van der Waals surface area contributed by atoms with Crippen molar-refractivity contribution in [2.45, 2.75) is 50.2 Å². The number of thioether (sulfide) groups is 1. The molecule has 0 aromatic heterocycles. The summed E-state index contributed by atoms with van der Waals surface area (Å²) in [6, 6.07) is 0. The van der Waals surface area contributed by atoms with Gasteiger partial charge in [0.1, 0.15) is 0 Å². The quantitative estimate of drug-likeness (QED) is 0.153. The summed E-state index contributed by atoms with van der Waals surface area (Å²) in [5, 5.41) is -0.918. The van der Waals surface area contributed by atoms with Crippen LogP contribution < -0.4 is 0 Å². The van der Waals surface area contributed by atoms with E-state index in [1.807, 2.05) is 0 Å². The highest BCUT2D eigenvalue weighted by atomic mass is 32.2. The number of carbonyl (C=O) groups is 4. The summed E-state index contributed by atoms with van der Waals surface area (Å²) >= 11 is 1.21. The van der Waals surface area contributed by atoms with Crippen molar-refractivity contribution in [3.8, 4) is 0 Å². The lowest BCUT2D eigenvalue weighted by atomic mass is 10.2. The van der Waals surface area contributed by atoms with Crippen LogP contribution in [0.2, 0.25) is 0 Å². The Bertz CT molecular complexity index is 958. The number of likely N-dealkylation sites (tertiary alicyclic amines) is 1. The van der Waals surface area contributed by atoms with E-state index in [2.05, 4.69) is 9.05 Å². The van der Waals surface area contributed by atoms with E-state index in [0.717, 1.165) is 22.0 Å². The molecular formula is C19H30N2O12P2S. The number of imide groups is 2. The average Bonchev–Trinajstić information content (AvgIpc) is 3.20. The van der Waals surface area contributed by atoms with Crippen molar-refractivity contribution in [2.24, 2.45) is 0 Å². The molecule has 5 unspecified atom stereocenters. The second-order valence-electron chi connectivity index (χ2n) is 7.86. The molecule has 0 spiro atoms. The normalized spacial score (nSPS) is 23.3. The molecule has 2 N–H and O–H groups in total. The van der Waals surface area contributed by atoms with Gasteiger partial charge in [-0.25, -0.2) is 9.13 Å². The van der Waals surface area contributed by atoms with Crippen LogP contribution in [0.5, 0.6) is 0 Å². The first-order valence-corrected chi connectivity index (χ1v) is 15.0. The van der Waals surface area contributed by atoms with E-state index in [0.29, 0.717) is 0 Å². The summed E-state index contributed by atoms with van der Waals surface area (Å²) in [5.74, 6) is -1.83. The minimum atomic E-state index is -4.50. The van der Waals surface area contributed by atoms with Crippen molar-refractivity contribution in [2.75, 3.05) is 32.9 Å². The van der Waals surface area contributed by atoms with Gasteiger partial charge in [0, 0.05) is 36.9 Å². The summed E-state index contributed by atoms with van der Waals surface area (Å²) in [6.45, 7) is 3.58. The molecule has 1 fully saturated rings. The molecule has 17 heteroatoms. The molecule has 5 atom stereocenters. The van der Waals surface area contributed by atoms with Gasteiger partial charge in [0.2, 0.25) is 11.8 Å². The summed E-state index contributed by atoms with van der Waals surface area (Å²) in [7, 11) is -8.75. The molecule has 1 saturated heterocycles. The van der Waals surface area contributed by atoms with Crippen LogP contribution >= 0.6 is 27.4 Å². The van der Waals surface area contributed by atoms with Crippen LogP contribution in [0.15, 0.2) is 12.2 Å². The second-order valence-corrected chi connectivity index (χ2v) is 12.4. The van der Waals surface area contributed by atoms with Gasteiger partial charge in [-0.3, -0.25) is 47.1 Å².